The van der Waals surface area contributed by atoms with Gasteiger partial charge in [-0.1, -0.05) is 0 Å². The fraction of sp³-hybridized carbons (Fsp3) is 0.308. The molecule has 0 bridgehead atoms. The molecule has 0 atom stereocenters. The van der Waals surface area contributed by atoms with Gasteiger partial charge in [0.05, 0.1) is 11.6 Å². The molecule has 21 heavy (non-hydrogen) atoms. The fourth-order valence-electron chi connectivity index (χ4n) is 1.79. The lowest BCUT2D eigenvalue weighted by atomic mass is 10.3. The van der Waals surface area contributed by atoms with Crippen LogP contribution in [0.4, 0.5) is 13.2 Å². The van der Waals surface area contributed by atoms with Crippen LogP contribution in [0.5, 0.6) is 11.8 Å². The summed E-state index contributed by atoms with van der Waals surface area (Å²) in [6.07, 6.45) is -1.68. The van der Waals surface area contributed by atoms with Crippen LogP contribution in [-0.2, 0) is 6.18 Å². The summed E-state index contributed by atoms with van der Waals surface area (Å²) in [5.41, 5.74) is -0.646. The van der Waals surface area contributed by atoms with Gasteiger partial charge in [0, 0.05) is 18.3 Å². The van der Waals surface area contributed by atoms with Crippen LogP contribution in [0.1, 0.15) is 30.1 Å². The second-order valence-electron chi connectivity index (χ2n) is 4.64. The highest BCUT2D eigenvalue weighted by Gasteiger charge is 2.38. The van der Waals surface area contributed by atoms with Gasteiger partial charge in [-0.2, -0.15) is 23.5 Å². The molecule has 108 valence electrons. The van der Waals surface area contributed by atoms with Crippen molar-refractivity contribution in [3.63, 3.8) is 0 Å². The molecule has 2 heterocycles. The van der Waals surface area contributed by atoms with Gasteiger partial charge in [-0.05, 0) is 18.9 Å². The Morgan fingerprint density at radius 3 is 2.62 bits per heavy atom. The first-order valence-electron chi connectivity index (χ1n) is 6.18. The number of pyridine rings is 1. The molecule has 0 radical (unpaired) electrons. The first-order valence-corrected chi connectivity index (χ1v) is 6.18. The molecule has 2 aromatic rings. The monoisotopic (exact) mass is 294 g/mol. The summed E-state index contributed by atoms with van der Waals surface area (Å²) < 4.78 is 44.8. The highest BCUT2D eigenvalue weighted by molar-refractivity contribution is 5.30. The van der Waals surface area contributed by atoms with Crippen LogP contribution in [0.25, 0.3) is 0 Å². The topological polar surface area (TPSA) is 63.7 Å². The van der Waals surface area contributed by atoms with Gasteiger partial charge in [0.2, 0.25) is 11.8 Å². The van der Waals surface area contributed by atoms with E-state index in [-0.39, 0.29) is 17.8 Å². The van der Waals surface area contributed by atoms with E-state index in [1.54, 1.807) is 0 Å². The zero-order chi connectivity index (χ0) is 15.0. The van der Waals surface area contributed by atoms with Crippen LogP contribution >= 0.6 is 0 Å². The molecule has 0 aliphatic heterocycles. The third kappa shape index (κ3) is 2.81. The Balaban J connectivity index is 1.90. The Morgan fingerprint density at radius 2 is 2.10 bits per heavy atom. The van der Waals surface area contributed by atoms with Crippen molar-refractivity contribution in [2.45, 2.75) is 25.1 Å². The molecule has 0 unspecified atom stereocenters. The lowest BCUT2D eigenvalue weighted by Crippen LogP contribution is -2.07. The molecule has 1 aliphatic carbocycles. The summed E-state index contributed by atoms with van der Waals surface area (Å²) in [6.45, 7) is 0. The molecule has 0 saturated heterocycles. The third-order valence-electron chi connectivity index (χ3n) is 2.96. The SMILES string of the molecule is N#Cc1ccc(Oc2cc(C(F)(F)F)nn2C2CC2)nc1. The van der Waals surface area contributed by atoms with Crippen molar-refractivity contribution in [2.75, 3.05) is 0 Å². The minimum absolute atomic E-state index is 0.00188. The van der Waals surface area contributed by atoms with Crippen molar-refractivity contribution in [2.24, 2.45) is 0 Å². The van der Waals surface area contributed by atoms with Gasteiger partial charge in [0.25, 0.3) is 0 Å². The van der Waals surface area contributed by atoms with Gasteiger partial charge in [0.1, 0.15) is 6.07 Å². The number of rotatable bonds is 3. The van der Waals surface area contributed by atoms with Crippen LogP contribution in [0.15, 0.2) is 24.4 Å². The van der Waals surface area contributed by atoms with E-state index in [2.05, 4.69) is 10.1 Å². The normalized spacial score (nSPS) is 14.8. The molecule has 0 aromatic carbocycles. The fourth-order valence-corrected chi connectivity index (χ4v) is 1.79. The van der Waals surface area contributed by atoms with Crippen molar-refractivity contribution in [1.29, 1.82) is 5.26 Å². The second kappa shape index (κ2) is 4.77. The lowest BCUT2D eigenvalue weighted by Gasteiger charge is -2.06. The predicted molar refractivity (Wildman–Crippen MR) is 64.5 cm³/mol. The maximum atomic E-state index is 12.7. The van der Waals surface area contributed by atoms with Crippen molar-refractivity contribution >= 4 is 0 Å². The molecule has 3 rings (SSSR count). The van der Waals surface area contributed by atoms with E-state index in [0.29, 0.717) is 5.56 Å². The first-order chi connectivity index (χ1) is 9.97. The summed E-state index contributed by atoms with van der Waals surface area (Å²) in [5, 5.41) is 12.2. The molecule has 2 aromatic heterocycles. The molecule has 1 fully saturated rings. The maximum absolute atomic E-state index is 12.7. The summed E-state index contributed by atoms with van der Waals surface area (Å²) in [6, 6.07) is 5.60. The number of nitrogens with zero attached hydrogens (tertiary/aromatic N) is 4. The second-order valence-corrected chi connectivity index (χ2v) is 4.64. The largest absolute Gasteiger partial charge is 0.435 e. The van der Waals surface area contributed by atoms with Crippen molar-refractivity contribution < 1.29 is 17.9 Å². The van der Waals surface area contributed by atoms with Gasteiger partial charge < -0.3 is 4.74 Å². The molecule has 0 amide bonds. The van der Waals surface area contributed by atoms with Gasteiger partial charge in [0.15, 0.2) is 5.69 Å². The van der Waals surface area contributed by atoms with Gasteiger partial charge >= 0.3 is 6.18 Å². The van der Waals surface area contributed by atoms with Crippen LogP contribution < -0.4 is 4.74 Å². The van der Waals surface area contributed by atoms with Crippen molar-refractivity contribution in [3.05, 3.63) is 35.7 Å². The molecule has 0 spiro atoms. The molecule has 5 nitrogen and oxygen atoms in total. The molecule has 8 heteroatoms. The van der Waals surface area contributed by atoms with E-state index in [1.165, 1.54) is 23.0 Å². The van der Waals surface area contributed by atoms with E-state index in [4.69, 9.17) is 10.00 Å². The first kappa shape index (κ1) is 13.4. The highest BCUT2D eigenvalue weighted by Crippen LogP contribution is 2.41. The smallest absolute Gasteiger partial charge is 0.421 e. The van der Waals surface area contributed by atoms with Crippen molar-refractivity contribution in [3.8, 4) is 17.8 Å². The Hall–Kier alpha value is -2.56. The zero-order valence-corrected chi connectivity index (χ0v) is 10.6. The Morgan fingerprint density at radius 1 is 1.33 bits per heavy atom. The zero-order valence-electron chi connectivity index (χ0n) is 10.6. The summed E-state index contributed by atoms with van der Waals surface area (Å²) in [4.78, 5) is 3.87. The number of nitriles is 1. The van der Waals surface area contributed by atoms with Crippen LogP contribution in [0.3, 0.4) is 0 Å². The summed E-state index contributed by atoms with van der Waals surface area (Å²) in [7, 11) is 0. The molecule has 1 saturated carbocycles. The maximum Gasteiger partial charge on any atom is 0.435 e. The van der Waals surface area contributed by atoms with Crippen LogP contribution in [-0.4, -0.2) is 14.8 Å². The van der Waals surface area contributed by atoms with Gasteiger partial charge in [-0.25, -0.2) is 9.67 Å². The molecular weight excluding hydrogens is 285 g/mol. The Bertz CT molecular complexity index is 696. The van der Waals surface area contributed by atoms with E-state index >= 15 is 0 Å². The number of hydrogen-bond donors (Lipinski definition) is 0. The van der Waals surface area contributed by atoms with E-state index in [9.17, 15) is 13.2 Å². The lowest BCUT2D eigenvalue weighted by molar-refractivity contribution is -0.141. The third-order valence-corrected chi connectivity index (χ3v) is 2.96. The van der Waals surface area contributed by atoms with Gasteiger partial charge in [-0.3, -0.25) is 0 Å². The molecule has 1 aliphatic rings. The number of ether oxygens (including phenoxy) is 1. The minimum Gasteiger partial charge on any atom is -0.421 e. The quantitative estimate of drug-likeness (QED) is 0.871. The average Bonchev–Trinajstić information content (AvgIpc) is 3.20. The number of hydrogen-bond acceptors (Lipinski definition) is 4. The van der Waals surface area contributed by atoms with Crippen molar-refractivity contribution in [1.82, 2.24) is 14.8 Å². The summed E-state index contributed by atoms with van der Waals surface area (Å²) in [5.74, 6) is 0.117. The average molecular weight is 294 g/mol. The summed E-state index contributed by atoms with van der Waals surface area (Å²) >= 11 is 0. The number of halogens is 3. The Labute approximate surface area is 117 Å². The standard InChI is InChI=1S/C13H9F3N4O/c14-13(15,16)10-5-12(20(19-10)9-2-3-9)21-11-4-1-8(6-17)7-18-11/h1,4-5,7,9H,2-3H2. The Kier molecular flexibility index (Phi) is 3.05. The molecule has 0 N–H and O–H groups in total. The molecular formula is C13H9F3N4O. The predicted octanol–water partition coefficient (Wildman–Crippen LogP) is 3.30. The van der Waals surface area contributed by atoms with E-state index in [0.717, 1.165) is 18.9 Å². The van der Waals surface area contributed by atoms with E-state index in [1.807, 2.05) is 6.07 Å². The number of alkyl halides is 3. The highest BCUT2D eigenvalue weighted by atomic mass is 19.4. The van der Waals surface area contributed by atoms with Crippen LogP contribution in [0.2, 0.25) is 0 Å². The minimum atomic E-state index is -4.52. The van der Waals surface area contributed by atoms with Gasteiger partial charge in [-0.15, -0.1) is 0 Å². The number of aromatic nitrogens is 3. The van der Waals surface area contributed by atoms with Crippen LogP contribution in [0, 0.1) is 11.3 Å². The van der Waals surface area contributed by atoms with E-state index < -0.39 is 11.9 Å².